The predicted octanol–water partition coefficient (Wildman–Crippen LogP) is 4.35. The molecule has 0 saturated carbocycles. The van der Waals surface area contributed by atoms with E-state index in [2.05, 4.69) is 32.9 Å². The molecule has 0 aliphatic heterocycles. The highest BCUT2D eigenvalue weighted by Gasteiger charge is 2.14. The third-order valence-corrected chi connectivity index (χ3v) is 3.22. The van der Waals surface area contributed by atoms with Gasteiger partial charge in [-0.3, -0.25) is 0 Å². The minimum absolute atomic E-state index is 0.102. The first-order valence-corrected chi connectivity index (χ1v) is 6.33. The number of hydrogen-bond acceptors (Lipinski definition) is 1. The lowest BCUT2D eigenvalue weighted by atomic mass is 9.86. The van der Waals surface area contributed by atoms with Crippen molar-refractivity contribution in [1.29, 1.82) is 0 Å². The summed E-state index contributed by atoms with van der Waals surface area (Å²) in [5.41, 5.74) is 3.38. The zero-order valence-corrected chi connectivity index (χ0v) is 11.5. The molecule has 2 nitrogen and oxygen atoms in total. The normalized spacial score (nSPS) is 11.3. The van der Waals surface area contributed by atoms with Gasteiger partial charge in [-0.2, -0.15) is 0 Å². The second-order valence-electron chi connectivity index (χ2n) is 5.68. The SMILES string of the molecule is CC(C)(C)c1ccc(-c2ccccc2C(=O)O)cc1. The molecule has 0 spiro atoms. The molecule has 0 aliphatic carbocycles. The van der Waals surface area contributed by atoms with Crippen molar-refractivity contribution >= 4 is 5.97 Å². The summed E-state index contributed by atoms with van der Waals surface area (Å²) in [6, 6.07) is 15.2. The van der Waals surface area contributed by atoms with Crippen molar-refractivity contribution in [3.63, 3.8) is 0 Å². The molecular weight excluding hydrogens is 236 g/mol. The number of aromatic carboxylic acids is 1. The van der Waals surface area contributed by atoms with Crippen molar-refractivity contribution in [2.45, 2.75) is 26.2 Å². The predicted molar refractivity (Wildman–Crippen MR) is 77.5 cm³/mol. The second kappa shape index (κ2) is 4.88. The van der Waals surface area contributed by atoms with Crippen LogP contribution in [0.5, 0.6) is 0 Å². The largest absolute Gasteiger partial charge is 0.478 e. The van der Waals surface area contributed by atoms with Gasteiger partial charge < -0.3 is 5.11 Å². The van der Waals surface area contributed by atoms with Gasteiger partial charge in [0.05, 0.1) is 5.56 Å². The lowest BCUT2D eigenvalue weighted by Crippen LogP contribution is -2.10. The topological polar surface area (TPSA) is 37.3 Å². The number of rotatable bonds is 2. The molecule has 19 heavy (non-hydrogen) atoms. The maximum atomic E-state index is 11.2. The third-order valence-electron chi connectivity index (χ3n) is 3.22. The molecule has 0 radical (unpaired) electrons. The fourth-order valence-electron chi connectivity index (χ4n) is 2.07. The van der Waals surface area contributed by atoms with Gasteiger partial charge in [-0.1, -0.05) is 63.2 Å². The van der Waals surface area contributed by atoms with Crippen LogP contribution in [-0.2, 0) is 5.41 Å². The van der Waals surface area contributed by atoms with Crippen LogP contribution in [0.1, 0.15) is 36.7 Å². The Kier molecular flexibility index (Phi) is 3.43. The Morgan fingerprint density at radius 3 is 2.05 bits per heavy atom. The fraction of sp³-hybridized carbons (Fsp3) is 0.235. The zero-order chi connectivity index (χ0) is 14.0. The van der Waals surface area contributed by atoms with Gasteiger partial charge in [0.1, 0.15) is 0 Å². The van der Waals surface area contributed by atoms with Crippen LogP contribution in [0.3, 0.4) is 0 Å². The molecule has 0 atom stereocenters. The van der Waals surface area contributed by atoms with Crippen molar-refractivity contribution in [3.05, 3.63) is 59.7 Å². The summed E-state index contributed by atoms with van der Waals surface area (Å²) in [5, 5.41) is 9.21. The molecule has 2 aromatic rings. The number of benzene rings is 2. The van der Waals surface area contributed by atoms with E-state index in [1.807, 2.05) is 24.3 Å². The molecule has 0 heterocycles. The number of carboxylic acids is 1. The van der Waals surface area contributed by atoms with E-state index in [1.165, 1.54) is 5.56 Å². The molecule has 0 unspecified atom stereocenters. The maximum Gasteiger partial charge on any atom is 0.336 e. The van der Waals surface area contributed by atoms with Crippen LogP contribution < -0.4 is 0 Å². The van der Waals surface area contributed by atoms with E-state index < -0.39 is 5.97 Å². The summed E-state index contributed by atoms with van der Waals surface area (Å²) < 4.78 is 0. The summed E-state index contributed by atoms with van der Waals surface area (Å²) in [6.07, 6.45) is 0. The van der Waals surface area contributed by atoms with Crippen LogP contribution in [0.4, 0.5) is 0 Å². The summed E-state index contributed by atoms with van der Waals surface area (Å²) in [5.74, 6) is -0.893. The Labute approximate surface area is 113 Å². The van der Waals surface area contributed by atoms with Crippen LogP contribution in [0, 0.1) is 0 Å². The standard InChI is InChI=1S/C17H18O2/c1-17(2,3)13-10-8-12(9-11-13)14-6-4-5-7-15(14)16(18)19/h4-11H,1-3H3,(H,18,19). The average Bonchev–Trinajstić information content (AvgIpc) is 2.38. The van der Waals surface area contributed by atoms with Gasteiger partial charge in [-0.15, -0.1) is 0 Å². The Morgan fingerprint density at radius 2 is 1.53 bits per heavy atom. The van der Waals surface area contributed by atoms with Crippen LogP contribution >= 0.6 is 0 Å². The first kappa shape index (κ1) is 13.3. The van der Waals surface area contributed by atoms with Crippen molar-refractivity contribution in [3.8, 4) is 11.1 Å². The Balaban J connectivity index is 2.46. The van der Waals surface area contributed by atoms with E-state index in [1.54, 1.807) is 12.1 Å². The van der Waals surface area contributed by atoms with Crippen LogP contribution in [0.25, 0.3) is 11.1 Å². The Bertz CT molecular complexity index is 589. The molecule has 98 valence electrons. The number of carboxylic acid groups (broad SMARTS) is 1. The second-order valence-corrected chi connectivity index (χ2v) is 5.68. The van der Waals surface area contributed by atoms with Gasteiger partial charge in [-0.25, -0.2) is 4.79 Å². The summed E-state index contributed by atoms with van der Waals surface area (Å²) >= 11 is 0. The van der Waals surface area contributed by atoms with Crippen molar-refractivity contribution < 1.29 is 9.90 Å². The molecule has 2 aromatic carbocycles. The summed E-state index contributed by atoms with van der Waals surface area (Å²) in [6.45, 7) is 6.48. The molecule has 0 aliphatic rings. The van der Waals surface area contributed by atoms with Gasteiger partial charge >= 0.3 is 5.97 Å². The van der Waals surface area contributed by atoms with Gasteiger partial charge in [0.15, 0.2) is 0 Å². The van der Waals surface area contributed by atoms with E-state index in [0.29, 0.717) is 5.56 Å². The molecule has 2 heteroatoms. The molecule has 0 saturated heterocycles. The van der Waals surface area contributed by atoms with Crippen molar-refractivity contribution in [2.24, 2.45) is 0 Å². The Morgan fingerprint density at radius 1 is 0.947 bits per heavy atom. The van der Waals surface area contributed by atoms with Gasteiger partial charge in [0, 0.05) is 0 Å². The van der Waals surface area contributed by atoms with Gasteiger partial charge in [0.25, 0.3) is 0 Å². The smallest absolute Gasteiger partial charge is 0.336 e. The number of hydrogen-bond donors (Lipinski definition) is 1. The van der Waals surface area contributed by atoms with E-state index >= 15 is 0 Å². The average molecular weight is 254 g/mol. The van der Waals surface area contributed by atoms with E-state index in [-0.39, 0.29) is 5.41 Å². The zero-order valence-electron chi connectivity index (χ0n) is 11.5. The molecule has 0 amide bonds. The quantitative estimate of drug-likeness (QED) is 0.865. The minimum atomic E-state index is -0.893. The maximum absolute atomic E-state index is 11.2. The highest BCUT2D eigenvalue weighted by Crippen LogP contribution is 2.28. The monoisotopic (exact) mass is 254 g/mol. The Hall–Kier alpha value is -2.09. The first-order chi connectivity index (χ1) is 8.89. The molecule has 0 aromatic heterocycles. The van der Waals surface area contributed by atoms with E-state index in [4.69, 9.17) is 0 Å². The highest BCUT2D eigenvalue weighted by atomic mass is 16.4. The van der Waals surface area contributed by atoms with Gasteiger partial charge in [0.2, 0.25) is 0 Å². The number of carbonyl (C=O) groups is 1. The lowest BCUT2D eigenvalue weighted by molar-refractivity contribution is 0.0697. The van der Waals surface area contributed by atoms with Crippen LogP contribution in [0.15, 0.2) is 48.5 Å². The highest BCUT2D eigenvalue weighted by molar-refractivity contribution is 5.95. The van der Waals surface area contributed by atoms with E-state index in [0.717, 1.165) is 11.1 Å². The summed E-state index contributed by atoms with van der Waals surface area (Å²) in [4.78, 5) is 11.2. The van der Waals surface area contributed by atoms with Crippen molar-refractivity contribution in [2.75, 3.05) is 0 Å². The molecule has 1 N–H and O–H groups in total. The third kappa shape index (κ3) is 2.84. The molecule has 0 bridgehead atoms. The van der Waals surface area contributed by atoms with Crippen LogP contribution in [-0.4, -0.2) is 11.1 Å². The van der Waals surface area contributed by atoms with E-state index in [9.17, 15) is 9.90 Å². The van der Waals surface area contributed by atoms with Crippen molar-refractivity contribution in [1.82, 2.24) is 0 Å². The fourth-order valence-corrected chi connectivity index (χ4v) is 2.07. The van der Waals surface area contributed by atoms with Gasteiger partial charge in [-0.05, 0) is 28.2 Å². The van der Waals surface area contributed by atoms with Crippen LogP contribution in [0.2, 0.25) is 0 Å². The molecular formula is C17H18O2. The lowest BCUT2D eigenvalue weighted by Gasteiger charge is -2.19. The first-order valence-electron chi connectivity index (χ1n) is 6.33. The molecule has 2 rings (SSSR count). The minimum Gasteiger partial charge on any atom is -0.478 e. The molecule has 0 fully saturated rings. The summed E-state index contributed by atoms with van der Waals surface area (Å²) in [7, 11) is 0.